The van der Waals surface area contributed by atoms with E-state index in [0.717, 1.165) is 0 Å². The summed E-state index contributed by atoms with van der Waals surface area (Å²) in [6.45, 7) is 0. The Bertz CT molecular complexity index is 652. The molecule has 1 radical (unpaired) electrons. The highest BCUT2D eigenvalue weighted by Crippen LogP contribution is 2.49. The van der Waals surface area contributed by atoms with E-state index in [-0.39, 0.29) is 6.07 Å². The number of fused-ring (bicyclic) bond motifs is 1. The normalized spacial score (nSPS) is 15.4. The van der Waals surface area contributed by atoms with E-state index >= 15 is 0 Å². The van der Waals surface area contributed by atoms with Crippen LogP contribution in [0.1, 0.15) is 11.1 Å². The van der Waals surface area contributed by atoms with Gasteiger partial charge in [0.25, 0.3) is 0 Å². The van der Waals surface area contributed by atoms with Crippen LogP contribution in [0.2, 0.25) is 5.02 Å². The Balaban J connectivity index is 2.82. The molecule has 2 rings (SSSR count). The van der Waals surface area contributed by atoms with Crippen molar-refractivity contribution in [3.8, 4) is 0 Å². The molecule has 1 aromatic carbocycles. The molecule has 1 N–H and O–H groups in total. The van der Waals surface area contributed by atoms with Crippen LogP contribution in [0, 0.1) is 0 Å². The molecule has 0 fully saturated rings. The van der Waals surface area contributed by atoms with Gasteiger partial charge in [0.1, 0.15) is 11.3 Å². The fraction of sp³-hybridized carbons (Fsp3) is 0.200. The summed E-state index contributed by atoms with van der Waals surface area (Å²) < 4.78 is 76.8. The van der Waals surface area contributed by atoms with Crippen LogP contribution in [-0.2, 0) is 21.9 Å². The average Bonchev–Trinajstić information content (AvgIpc) is 2.27. The number of benzene rings is 1. The van der Waals surface area contributed by atoms with E-state index in [9.17, 15) is 35.9 Å². The topological polar surface area (TPSA) is 60.3 Å². The zero-order valence-electron chi connectivity index (χ0n) is 9.49. The van der Waals surface area contributed by atoms with Crippen molar-refractivity contribution in [3.05, 3.63) is 22.2 Å². The molecule has 4 nitrogen and oxygen atoms in total. The highest BCUT2D eigenvalue weighted by molar-refractivity contribution is 6.43. The molecule has 21 heavy (non-hydrogen) atoms. The highest BCUT2D eigenvalue weighted by Gasteiger charge is 2.46. The van der Waals surface area contributed by atoms with E-state index in [0.29, 0.717) is 0 Å². The van der Waals surface area contributed by atoms with E-state index in [4.69, 9.17) is 11.6 Å². The van der Waals surface area contributed by atoms with Crippen LogP contribution in [0.15, 0.2) is 6.07 Å². The molecule has 11 heteroatoms. The molecule has 1 aliphatic heterocycles. The second kappa shape index (κ2) is 4.52. The monoisotopic (exact) mass is 331 g/mol. The third-order valence-electron chi connectivity index (χ3n) is 2.48. The Morgan fingerprint density at radius 3 is 2.10 bits per heavy atom. The second-order valence-electron chi connectivity index (χ2n) is 3.88. The first-order valence-electron chi connectivity index (χ1n) is 5.01. The summed E-state index contributed by atoms with van der Waals surface area (Å²) in [7, 11) is 0. The minimum Gasteiger partial charge on any atom is -0.316 e. The van der Waals surface area contributed by atoms with E-state index in [2.05, 4.69) is 5.32 Å². The van der Waals surface area contributed by atoms with Gasteiger partial charge in [-0.1, -0.05) is 11.6 Å². The number of rotatable bonds is 0. The van der Waals surface area contributed by atoms with Crippen molar-refractivity contribution in [1.82, 2.24) is 5.32 Å². The Labute approximate surface area is 117 Å². The van der Waals surface area contributed by atoms with Crippen molar-refractivity contribution >= 4 is 34.8 Å². The van der Waals surface area contributed by atoms with Crippen LogP contribution in [0.25, 0.3) is 0 Å². The van der Waals surface area contributed by atoms with Crippen LogP contribution in [-0.4, -0.2) is 11.8 Å². The van der Waals surface area contributed by atoms with Gasteiger partial charge < -0.3 is 5.32 Å². The predicted octanol–water partition coefficient (Wildman–Crippen LogP) is 3.09. The van der Waals surface area contributed by atoms with E-state index in [1.165, 1.54) is 0 Å². The Hall–Kier alpha value is -1.97. The Morgan fingerprint density at radius 1 is 1.05 bits per heavy atom. The van der Waals surface area contributed by atoms with Gasteiger partial charge in [0.05, 0.1) is 16.3 Å². The molecule has 113 valence electrons. The number of alkyl halides is 6. The van der Waals surface area contributed by atoms with Gasteiger partial charge in [-0.05, 0) is 6.07 Å². The van der Waals surface area contributed by atoms with Crippen molar-refractivity contribution in [2.24, 2.45) is 0 Å². The van der Waals surface area contributed by atoms with Crippen molar-refractivity contribution < 1.29 is 35.9 Å². The average molecular weight is 332 g/mol. The Kier molecular flexibility index (Phi) is 3.32. The summed E-state index contributed by atoms with van der Waals surface area (Å²) in [6, 6.07) is 0.195. The summed E-state index contributed by atoms with van der Waals surface area (Å²) in [4.78, 5) is 22.0. The lowest BCUT2D eigenvalue weighted by atomic mass is 10.0. The van der Waals surface area contributed by atoms with E-state index in [1.807, 2.05) is 0 Å². The fourth-order valence-corrected chi connectivity index (χ4v) is 2.01. The zero-order chi connectivity index (χ0) is 16.2. The molecule has 0 saturated heterocycles. The van der Waals surface area contributed by atoms with Crippen LogP contribution < -0.4 is 10.6 Å². The van der Waals surface area contributed by atoms with Crippen molar-refractivity contribution in [2.75, 3.05) is 5.32 Å². The lowest BCUT2D eigenvalue weighted by molar-refractivity contribution is -0.143. The fourth-order valence-electron chi connectivity index (χ4n) is 1.65. The first-order valence-corrected chi connectivity index (χ1v) is 5.38. The molecular formula is C10H2ClF6N2O2. The van der Waals surface area contributed by atoms with Gasteiger partial charge in [-0.25, -0.2) is 5.32 Å². The number of hydrogen-bond donors (Lipinski definition) is 1. The van der Waals surface area contributed by atoms with Crippen LogP contribution in [0.5, 0.6) is 0 Å². The number of carbonyl (C=O) groups excluding carboxylic acids is 2. The van der Waals surface area contributed by atoms with Gasteiger partial charge in [-0.3, -0.25) is 9.59 Å². The van der Waals surface area contributed by atoms with E-state index in [1.54, 1.807) is 5.32 Å². The smallest absolute Gasteiger partial charge is 0.316 e. The number of halogens is 7. The lowest BCUT2D eigenvalue weighted by Gasteiger charge is -2.23. The molecule has 0 saturated carbocycles. The third kappa shape index (κ3) is 2.62. The standard InChI is InChI=1S/C10H2ClF6N2O2/c11-5-2(9(12,13)14)1-3-6(4(5)10(15,16)17)19-8(21)7(20)18-3/h1H,(H,18,20). The maximum atomic E-state index is 12.9. The van der Waals surface area contributed by atoms with Gasteiger partial charge in [-0.15, -0.1) is 0 Å². The first kappa shape index (κ1) is 15.4. The number of amides is 2. The van der Waals surface area contributed by atoms with Gasteiger partial charge in [0, 0.05) is 0 Å². The molecule has 0 atom stereocenters. The van der Waals surface area contributed by atoms with Gasteiger partial charge >= 0.3 is 24.2 Å². The predicted molar refractivity (Wildman–Crippen MR) is 56.9 cm³/mol. The molecule has 0 aliphatic carbocycles. The van der Waals surface area contributed by atoms with Crippen molar-refractivity contribution in [3.63, 3.8) is 0 Å². The van der Waals surface area contributed by atoms with E-state index < -0.39 is 51.7 Å². The summed E-state index contributed by atoms with van der Waals surface area (Å²) in [5.74, 6) is -3.00. The largest absolute Gasteiger partial charge is 0.420 e. The lowest BCUT2D eigenvalue weighted by Crippen LogP contribution is -2.35. The number of anilines is 1. The second-order valence-corrected chi connectivity index (χ2v) is 4.25. The number of hydrogen-bond acceptors (Lipinski definition) is 2. The number of nitrogens with zero attached hydrogens (tertiary/aromatic N) is 1. The van der Waals surface area contributed by atoms with Gasteiger partial charge in [-0.2, -0.15) is 26.3 Å². The van der Waals surface area contributed by atoms with Crippen molar-refractivity contribution in [1.29, 1.82) is 0 Å². The summed E-state index contributed by atoms with van der Waals surface area (Å²) in [5.41, 5.74) is -5.75. The molecule has 1 heterocycles. The minimum atomic E-state index is -5.30. The number of nitrogens with one attached hydrogen (secondary N) is 1. The number of carbonyl (C=O) groups is 2. The molecule has 1 aromatic rings. The summed E-state index contributed by atoms with van der Waals surface area (Å²) >= 11 is 5.18. The Morgan fingerprint density at radius 2 is 1.62 bits per heavy atom. The molecule has 0 spiro atoms. The summed E-state index contributed by atoms with van der Waals surface area (Å²) in [6.07, 6.45) is -10.5. The molecule has 1 aliphatic rings. The molecule has 0 unspecified atom stereocenters. The zero-order valence-corrected chi connectivity index (χ0v) is 10.2. The molecule has 2 amide bonds. The molecular weight excluding hydrogens is 330 g/mol. The maximum absolute atomic E-state index is 12.9. The molecule has 0 bridgehead atoms. The van der Waals surface area contributed by atoms with Gasteiger partial charge in [0.2, 0.25) is 0 Å². The minimum absolute atomic E-state index is 0.195. The maximum Gasteiger partial charge on any atom is 0.420 e. The van der Waals surface area contributed by atoms with Crippen molar-refractivity contribution in [2.45, 2.75) is 12.4 Å². The van der Waals surface area contributed by atoms with Crippen LogP contribution in [0.4, 0.5) is 37.7 Å². The SMILES string of the molecule is O=C1[N]c2c(cc(C(F)(F)F)c(Cl)c2C(F)(F)F)NC1=O. The highest BCUT2D eigenvalue weighted by atomic mass is 35.5. The van der Waals surface area contributed by atoms with Gasteiger partial charge in [0.15, 0.2) is 0 Å². The quantitative estimate of drug-likeness (QED) is 0.586. The molecule has 0 aromatic heterocycles. The van der Waals surface area contributed by atoms with Crippen LogP contribution in [0.3, 0.4) is 0 Å². The first-order chi connectivity index (χ1) is 9.43. The van der Waals surface area contributed by atoms with Crippen LogP contribution >= 0.6 is 11.6 Å². The summed E-state index contributed by atoms with van der Waals surface area (Å²) in [5, 5.41) is 2.84. The third-order valence-corrected chi connectivity index (χ3v) is 2.87.